The summed E-state index contributed by atoms with van der Waals surface area (Å²) < 4.78 is 20.2. The highest BCUT2D eigenvalue weighted by Crippen LogP contribution is 2.40. The molecule has 3 heterocycles. The van der Waals surface area contributed by atoms with E-state index in [0.717, 1.165) is 11.1 Å². The van der Waals surface area contributed by atoms with Crippen molar-refractivity contribution in [3.05, 3.63) is 57.7 Å². The zero-order valence-corrected chi connectivity index (χ0v) is 22.0. The van der Waals surface area contributed by atoms with Crippen molar-refractivity contribution in [1.82, 2.24) is 14.8 Å². The summed E-state index contributed by atoms with van der Waals surface area (Å²) in [5.74, 6) is 1.91. The standard InChI is InChI=1S/C26H29ClFN5O3/c1-15-8-7-9-16(2)21(15)33-20(14-34)29-23(18-12-19(28)22(27)30-24(18)33)32-11-10-31(13-17(32)3)25(35)36-26(4,5)6/h7-9,12,17H,10-11,13H2,1-6H3/t17-/m0/s1. The van der Waals surface area contributed by atoms with Gasteiger partial charge in [-0.25, -0.2) is 24.0 Å². The van der Waals surface area contributed by atoms with Crippen molar-refractivity contribution < 1.29 is 18.7 Å². The number of para-hydroxylation sites is 1. The number of fused-ring (bicyclic) bond motifs is 1. The molecule has 1 atom stereocenters. The van der Waals surface area contributed by atoms with E-state index in [4.69, 9.17) is 16.3 Å². The van der Waals surface area contributed by atoms with Gasteiger partial charge in [0.25, 0.3) is 0 Å². The molecule has 1 aromatic heterocycles. The number of aromatic nitrogens is 1. The average molecular weight is 514 g/mol. The number of carbonyl (C=O) groups excluding carboxylic acids is 2. The number of aryl methyl sites for hydroxylation is 2. The van der Waals surface area contributed by atoms with Crippen LogP contribution in [-0.2, 0) is 9.53 Å². The van der Waals surface area contributed by atoms with E-state index >= 15 is 0 Å². The second-order valence-electron chi connectivity index (χ2n) is 10.0. The molecule has 1 aromatic carbocycles. The number of nitrogens with zero attached hydrogens (tertiary/aromatic N) is 5. The smallest absolute Gasteiger partial charge is 0.410 e. The Labute approximate surface area is 215 Å². The Morgan fingerprint density at radius 2 is 1.89 bits per heavy atom. The molecule has 0 N–H and O–H groups in total. The summed E-state index contributed by atoms with van der Waals surface area (Å²) in [6, 6.07) is 6.82. The number of amidine groups is 1. The van der Waals surface area contributed by atoms with E-state index in [0.29, 0.717) is 42.5 Å². The molecule has 2 aliphatic rings. The van der Waals surface area contributed by atoms with Crippen LogP contribution in [0, 0.1) is 19.7 Å². The Kier molecular flexibility index (Phi) is 6.82. The fraction of sp³-hybridized carbons (Fsp3) is 0.423. The van der Waals surface area contributed by atoms with Gasteiger partial charge >= 0.3 is 6.09 Å². The number of rotatable bonds is 1. The van der Waals surface area contributed by atoms with Crippen molar-refractivity contribution in [3.8, 4) is 0 Å². The van der Waals surface area contributed by atoms with E-state index in [-0.39, 0.29) is 17.0 Å². The molecule has 1 fully saturated rings. The number of benzene rings is 1. The lowest BCUT2D eigenvalue weighted by Gasteiger charge is -2.43. The van der Waals surface area contributed by atoms with Gasteiger partial charge in [0.15, 0.2) is 22.7 Å². The third-order valence-corrected chi connectivity index (χ3v) is 6.36. The molecule has 0 radical (unpaired) electrons. The van der Waals surface area contributed by atoms with Crippen molar-refractivity contribution in [2.75, 3.05) is 24.5 Å². The van der Waals surface area contributed by atoms with Gasteiger partial charge in [-0.15, -0.1) is 0 Å². The van der Waals surface area contributed by atoms with Gasteiger partial charge in [-0.05, 0) is 58.7 Å². The maximum Gasteiger partial charge on any atom is 0.410 e. The SMILES string of the molecule is Cc1cccc(C)c1N1C(=C=O)N=C(N2CCN(C(=O)OC(C)(C)C)C[C@@H]2C)c2cc(F)c(Cl)nc21. The number of anilines is 2. The lowest BCUT2D eigenvalue weighted by Crippen LogP contribution is -2.56. The number of aliphatic imine (C=N–C) groups is 1. The number of pyridine rings is 1. The lowest BCUT2D eigenvalue weighted by molar-refractivity contribution is 0.0134. The van der Waals surface area contributed by atoms with Crippen LogP contribution in [0.3, 0.4) is 0 Å². The second-order valence-corrected chi connectivity index (χ2v) is 10.4. The largest absolute Gasteiger partial charge is 0.444 e. The minimum Gasteiger partial charge on any atom is -0.444 e. The molecule has 2 aliphatic heterocycles. The first-order valence-electron chi connectivity index (χ1n) is 11.7. The van der Waals surface area contributed by atoms with Crippen LogP contribution >= 0.6 is 11.6 Å². The lowest BCUT2D eigenvalue weighted by atomic mass is 10.0. The fourth-order valence-corrected chi connectivity index (χ4v) is 4.66. The Morgan fingerprint density at radius 1 is 1.22 bits per heavy atom. The maximum atomic E-state index is 14.7. The highest BCUT2D eigenvalue weighted by molar-refractivity contribution is 6.30. The van der Waals surface area contributed by atoms with Gasteiger partial charge in [0.2, 0.25) is 5.82 Å². The van der Waals surface area contributed by atoms with Crippen LogP contribution in [0.2, 0.25) is 5.15 Å². The summed E-state index contributed by atoms with van der Waals surface area (Å²) in [6.45, 7) is 12.4. The maximum absolute atomic E-state index is 14.7. The third-order valence-electron chi connectivity index (χ3n) is 6.10. The molecule has 0 spiro atoms. The number of ether oxygens (including phenoxy) is 1. The highest BCUT2D eigenvalue weighted by Gasteiger charge is 2.37. The predicted molar refractivity (Wildman–Crippen MR) is 137 cm³/mol. The van der Waals surface area contributed by atoms with Crippen LogP contribution in [0.4, 0.5) is 20.7 Å². The van der Waals surface area contributed by atoms with Crippen LogP contribution in [0.1, 0.15) is 44.4 Å². The van der Waals surface area contributed by atoms with Crippen LogP contribution in [0.25, 0.3) is 0 Å². The van der Waals surface area contributed by atoms with Crippen molar-refractivity contribution >= 4 is 41.0 Å². The summed E-state index contributed by atoms with van der Waals surface area (Å²) in [5.41, 5.74) is 2.27. The van der Waals surface area contributed by atoms with Gasteiger partial charge < -0.3 is 14.5 Å². The van der Waals surface area contributed by atoms with E-state index in [1.165, 1.54) is 6.07 Å². The summed E-state index contributed by atoms with van der Waals surface area (Å²) in [4.78, 5) is 38.9. The van der Waals surface area contributed by atoms with E-state index in [1.807, 2.05) is 70.6 Å². The Bertz CT molecular complexity index is 1280. The zero-order chi connectivity index (χ0) is 26.4. The number of carbonyl (C=O) groups is 1. The fourth-order valence-electron chi connectivity index (χ4n) is 4.53. The molecule has 190 valence electrons. The minimum absolute atomic E-state index is 0.00755. The molecule has 4 rings (SSSR count). The average Bonchev–Trinajstić information content (AvgIpc) is 2.79. The topological polar surface area (TPSA) is 78.3 Å². The summed E-state index contributed by atoms with van der Waals surface area (Å²) >= 11 is 6.11. The van der Waals surface area contributed by atoms with Crippen molar-refractivity contribution in [1.29, 1.82) is 0 Å². The van der Waals surface area contributed by atoms with Gasteiger partial charge in [-0.3, -0.25) is 4.90 Å². The normalized spacial score (nSPS) is 18.0. The molecule has 0 unspecified atom stereocenters. The van der Waals surface area contributed by atoms with Crippen molar-refractivity contribution in [2.24, 2.45) is 4.99 Å². The third kappa shape index (κ3) is 4.81. The van der Waals surface area contributed by atoms with Gasteiger partial charge in [0, 0.05) is 25.7 Å². The zero-order valence-electron chi connectivity index (χ0n) is 21.2. The van der Waals surface area contributed by atoms with Crippen LogP contribution < -0.4 is 4.90 Å². The van der Waals surface area contributed by atoms with E-state index in [1.54, 1.807) is 9.80 Å². The quantitative estimate of drug-likeness (QED) is 0.394. The highest BCUT2D eigenvalue weighted by atomic mass is 35.5. The van der Waals surface area contributed by atoms with Gasteiger partial charge in [0.05, 0.1) is 11.3 Å². The van der Waals surface area contributed by atoms with E-state index in [2.05, 4.69) is 9.98 Å². The van der Waals surface area contributed by atoms with Crippen molar-refractivity contribution in [2.45, 2.75) is 53.2 Å². The molecule has 2 aromatic rings. The second kappa shape index (κ2) is 9.56. The number of hydrogen-bond donors (Lipinski definition) is 0. The Balaban J connectivity index is 1.76. The van der Waals surface area contributed by atoms with E-state index < -0.39 is 17.5 Å². The van der Waals surface area contributed by atoms with Crippen LogP contribution in [0.15, 0.2) is 35.1 Å². The Morgan fingerprint density at radius 3 is 2.47 bits per heavy atom. The number of amides is 1. The van der Waals surface area contributed by atoms with Gasteiger partial charge in [0.1, 0.15) is 11.4 Å². The van der Waals surface area contributed by atoms with Crippen LogP contribution in [0.5, 0.6) is 0 Å². The summed E-state index contributed by atoms with van der Waals surface area (Å²) in [5, 5.41) is -0.306. The van der Waals surface area contributed by atoms with E-state index in [9.17, 15) is 14.0 Å². The number of piperazine rings is 1. The van der Waals surface area contributed by atoms with Gasteiger partial charge in [-0.2, -0.15) is 0 Å². The summed E-state index contributed by atoms with van der Waals surface area (Å²) in [7, 11) is 0. The molecule has 0 bridgehead atoms. The molecule has 0 saturated carbocycles. The predicted octanol–water partition coefficient (Wildman–Crippen LogP) is 5.00. The summed E-state index contributed by atoms with van der Waals surface area (Å²) in [6.07, 6.45) is -0.394. The Hall–Kier alpha value is -3.42. The first-order chi connectivity index (χ1) is 16.9. The molecule has 1 saturated heterocycles. The number of hydrogen-bond acceptors (Lipinski definition) is 7. The number of halogens is 2. The molecule has 10 heteroatoms. The first-order valence-corrected chi connectivity index (χ1v) is 12.1. The molecule has 1 amide bonds. The first kappa shape index (κ1) is 25.7. The van der Waals surface area contributed by atoms with Gasteiger partial charge in [-0.1, -0.05) is 29.8 Å². The van der Waals surface area contributed by atoms with Crippen LogP contribution in [-0.4, -0.2) is 63.9 Å². The molecule has 8 nitrogen and oxygen atoms in total. The minimum atomic E-state index is -0.692. The molecular formula is C26H29ClFN5O3. The molecule has 36 heavy (non-hydrogen) atoms. The molecule has 0 aliphatic carbocycles. The monoisotopic (exact) mass is 513 g/mol. The molecular weight excluding hydrogens is 485 g/mol. The van der Waals surface area contributed by atoms with Crippen molar-refractivity contribution in [3.63, 3.8) is 0 Å².